The van der Waals surface area contributed by atoms with Crippen molar-refractivity contribution in [1.82, 2.24) is 15.3 Å². The predicted octanol–water partition coefficient (Wildman–Crippen LogP) is 2.77. The number of hydrogen-bond acceptors (Lipinski definition) is 7. The molecule has 0 bridgehead atoms. The fourth-order valence-corrected chi connectivity index (χ4v) is 3.83. The molecule has 29 heavy (non-hydrogen) atoms. The van der Waals surface area contributed by atoms with Gasteiger partial charge in [-0.05, 0) is 25.5 Å². The smallest absolute Gasteiger partial charge is 0.229 e. The molecule has 7 nitrogen and oxygen atoms in total. The summed E-state index contributed by atoms with van der Waals surface area (Å²) >= 11 is 0. The van der Waals surface area contributed by atoms with Gasteiger partial charge in [0.1, 0.15) is 11.6 Å². The summed E-state index contributed by atoms with van der Waals surface area (Å²) in [5.74, 6) is 1.11. The van der Waals surface area contributed by atoms with Crippen LogP contribution in [-0.4, -0.2) is 47.4 Å². The SMILES string of the molecule is CNc1cc(C)nc(Nc2cc3c(c(C4=CCNC[C@@](C)(O)C4)c2F)OCC3)n1. The number of hydrogen-bond donors (Lipinski definition) is 4. The van der Waals surface area contributed by atoms with E-state index in [1.54, 1.807) is 20.0 Å². The van der Waals surface area contributed by atoms with Crippen molar-refractivity contribution in [3.8, 4) is 5.75 Å². The van der Waals surface area contributed by atoms with Gasteiger partial charge >= 0.3 is 0 Å². The molecule has 2 aliphatic heterocycles. The molecule has 2 aliphatic rings. The molecule has 0 unspecified atom stereocenters. The van der Waals surface area contributed by atoms with E-state index in [0.29, 0.717) is 61.3 Å². The summed E-state index contributed by atoms with van der Waals surface area (Å²) in [5.41, 5.74) is 2.18. The highest BCUT2D eigenvalue weighted by atomic mass is 19.1. The number of nitrogens with one attached hydrogen (secondary N) is 3. The molecule has 2 aromatic rings. The van der Waals surface area contributed by atoms with Crippen LogP contribution in [0.15, 0.2) is 18.2 Å². The van der Waals surface area contributed by atoms with Crippen LogP contribution in [0, 0.1) is 12.7 Å². The van der Waals surface area contributed by atoms with Crippen molar-refractivity contribution < 1.29 is 14.2 Å². The Kier molecular flexibility index (Phi) is 5.14. The number of fused-ring (bicyclic) bond motifs is 1. The fraction of sp³-hybridized carbons (Fsp3) is 0.429. The van der Waals surface area contributed by atoms with Crippen LogP contribution in [0.4, 0.5) is 21.8 Å². The van der Waals surface area contributed by atoms with Crippen molar-refractivity contribution in [2.75, 3.05) is 37.4 Å². The molecule has 0 fully saturated rings. The van der Waals surface area contributed by atoms with E-state index >= 15 is 4.39 Å². The van der Waals surface area contributed by atoms with Crippen molar-refractivity contribution in [3.63, 3.8) is 0 Å². The first-order valence-electron chi connectivity index (χ1n) is 9.77. The highest BCUT2D eigenvalue weighted by molar-refractivity contribution is 5.78. The lowest BCUT2D eigenvalue weighted by atomic mass is 9.90. The summed E-state index contributed by atoms with van der Waals surface area (Å²) in [7, 11) is 1.77. The van der Waals surface area contributed by atoms with Crippen LogP contribution in [0.5, 0.6) is 5.75 Å². The van der Waals surface area contributed by atoms with E-state index in [1.165, 1.54) is 0 Å². The first-order chi connectivity index (χ1) is 13.9. The number of rotatable bonds is 4. The molecular weight excluding hydrogens is 373 g/mol. The number of β-amino-alcohol motifs (C(OH)–C–C–N with tert-alkyl or cyclic N) is 1. The molecule has 1 aromatic carbocycles. The molecule has 0 saturated carbocycles. The zero-order valence-electron chi connectivity index (χ0n) is 16.9. The zero-order chi connectivity index (χ0) is 20.6. The van der Waals surface area contributed by atoms with E-state index in [4.69, 9.17) is 4.74 Å². The van der Waals surface area contributed by atoms with Gasteiger partial charge in [-0.1, -0.05) is 6.08 Å². The van der Waals surface area contributed by atoms with Gasteiger partial charge in [0.05, 0.1) is 23.5 Å². The summed E-state index contributed by atoms with van der Waals surface area (Å²) in [5, 5.41) is 19.8. The van der Waals surface area contributed by atoms with Gasteiger partial charge in [-0.15, -0.1) is 0 Å². The topological polar surface area (TPSA) is 91.3 Å². The quantitative estimate of drug-likeness (QED) is 0.628. The van der Waals surface area contributed by atoms with Crippen LogP contribution in [-0.2, 0) is 6.42 Å². The minimum absolute atomic E-state index is 0.301. The molecule has 0 radical (unpaired) electrons. The average Bonchev–Trinajstić information content (AvgIpc) is 3.04. The van der Waals surface area contributed by atoms with Crippen LogP contribution in [0.2, 0.25) is 0 Å². The number of anilines is 3. The van der Waals surface area contributed by atoms with Gasteiger partial charge in [0, 0.05) is 50.3 Å². The van der Waals surface area contributed by atoms with Gasteiger partial charge in [-0.2, -0.15) is 4.98 Å². The largest absolute Gasteiger partial charge is 0.492 e. The zero-order valence-corrected chi connectivity index (χ0v) is 16.9. The Morgan fingerprint density at radius 2 is 2.14 bits per heavy atom. The third kappa shape index (κ3) is 4.04. The van der Waals surface area contributed by atoms with E-state index in [1.807, 2.05) is 19.1 Å². The maximum atomic E-state index is 15.7. The lowest BCUT2D eigenvalue weighted by Crippen LogP contribution is -2.36. The number of aryl methyl sites for hydroxylation is 1. The molecule has 0 saturated heterocycles. The Hall–Kier alpha value is -2.71. The van der Waals surface area contributed by atoms with E-state index < -0.39 is 11.4 Å². The third-order valence-corrected chi connectivity index (χ3v) is 5.16. The fourth-order valence-electron chi connectivity index (χ4n) is 3.83. The second-order valence-electron chi connectivity index (χ2n) is 7.83. The summed E-state index contributed by atoms with van der Waals surface area (Å²) in [6, 6.07) is 3.58. The molecule has 1 aromatic heterocycles. The molecule has 4 rings (SSSR count). The molecule has 4 N–H and O–H groups in total. The van der Waals surface area contributed by atoms with Gasteiger partial charge in [-0.3, -0.25) is 0 Å². The van der Waals surface area contributed by atoms with Gasteiger partial charge in [0.25, 0.3) is 0 Å². The summed E-state index contributed by atoms with van der Waals surface area (Å²) < 4.78 is 21.5. The molecule has 0 spiro atoms. The van der Waals surface area contributed by atoms with Crippen LogP contribution < -0.4 is 20.7 Å². The van der Waals surface area contributed by atoms with E-state index in [0.717, 1.165) is 16.8 Å². The molecular formula is C21H26FN5O2. The van der Waals surface area contributed by atoms with Crippen LogP contribution in [0.25, 0.3) is 5.57 Å². The van der Waals surface area contributed by atoms with Gasteiger partial charge in [0.15, 0.2) is 5.82 Å². The molecule has 3 heterocycles. The van der Waals surface area contributed by atoms with Crippen molar-refractivity contribution in [2.45, 2.75) is 32.3 Å². The number of nitrogens with zero attached hydrogens (tertiary/aromatic N) is 2. The second-order valence-corrected chi connectivity index (χ2v) is 7.83. The minimum Gasteiger partial charge on any atom is -0.492 e. The highest BCUT2D eigenvalue weighted by Gasteiger charge is 2.31. The van der Waals surface area contributed by atoms with Gasteiger partial charge in [-0.25, -0.2) is 9.37 Å². The standard InChI is InChI=1S/C21H26FN5O2/c1-12-8-16(23-3)27-20(25-12)26-15-9-13-5-7-29-19(13)17(18(15)22)14-4-6-24-11-21(2,28)10-14/h4,8-9,24,28H,5-7,10-11H2,1-3H3,(H2,23,25,26,27)/t21-/m0/s1. The van der Waals surface area contributed by atoms with Crippen molar-refractivity contribution in [3.05, 3.63) is 40.8 Å². The maximum Gasteiger partial charge on any atom is 0.229 e. The highest BCUT2D eigenvalue weighted by Crippen LogP contribution is 2.42. The summed E-state index contributed by atoms with van der Waals surface area (Å²) in [4.78, 5) is 8.73. The minimum atomic E-state index is -0.967. The van der Waals surface area contributed by atoms with Crippen molar-refractivity contribution in [2.24, 2.45) is 0 Å². The summed E-state index contributed by atoms with van der Waals surface area (Å²) in [6.45, 7) is 5.12. The first-order valence-corrected chi connectivity index (χ1v) is 9.77. The lowest BCUT2D eigenvalue weighted by molar-refractivity contribution is 0.0679. The second kappa shape index (κ2) is 7.61. The average molecular weight is 399 g/mol. The Bertz CT molecular complexity index is 974. The Balaban J connectivity index is 1.78. The monoisotopic (exact) mass is 399 g/mol. The molecule has 0 aliphatic carbocycles. The van der Waals surface area contributed by atoms with Gasteiger partial charge in [0.2, 0.25) is 5.95 Å². The van der Waals surface area contributed by atoms with Crippen molar-refractivity contribution in [1.29, 1.82) is 0 Å². The lowest BCUT2D eigenvalue weighted by Gasteiger charge is -2.24. The van der Waals surface area contributed by atoms with Crippen LogP contribution in [0.3, 0.4) is 0 Å². The normalized spacial score (nSPS) is 21.1. The Morgan fingerprint density at radius 3 is 2.93 bits per heavy atom. The molecule has 154 valence electrons. The molecule has 0 amide bonds. The van der Waals surface area contributed by atoms with Crippen LogP contribution in [0.1, 0.15) is 30.2 Å². The van der Waals surface area contributed by atoms with E-state index in [2.05, 4.69) is 25.9 Å². The van der Waals surface area contributed by atoms with E-state index in [9.17, 15) is 5.11 Å². The molecule has 8 heteroatoms. The molecule has 1 atom stereocenters. The number of aliphatic hydroxyl groups is 1. The number of benzene rings is 1. The summed E-state index contributed by atoms with van der Waals surface area (Å²) in [6.07, 6.45) is 2.96. The predicted molar refractivity (Wildman–Crippen MR) is 111 cm³/mol. The van der Waals surface area contributed by atoms with Crippen LogP contribution >= 0.6 is 0 Å². The number of halogens is 1. The maximum absolute atomic E-state index is 15.7. The Morgan fingerprint density at radius 1 is 1.31 bits per heavy atom. The third-order valence-electron chi connectivity index (χ3n) is 5.16. The first kappa shape index (κ1) is 19.6. The number of aromatic nitrogens is 2. The van der Waals surface area contributed by atoms with E-state index in [-0.39, 0.29) is 0 Å². The van der Waals surface area contributed by atoms with Crippen molar-refractivity contribution >= 4 is 23.0 Å². The Labute approximate surface area is 169 Å². The number of ether oxygens (including phenoxy) is 1. The van der Waals surface area contributed by atoms with Gasteiger partial charge < -0.3 is 25.8 Å².